The molecule has 0 N–H and O–H groups in total. The first-order chi connectivity index (χ1) is 16.1. The molecule has 0 radical (unpaired) electrons. The van der Waals surface area contributed by atoms with Crippen LogP contribution in [0.4, 0.5) is 11.4 Å². The van der Waals surface area contributed by atoms with E-state index in [1.807, 2.05) is 40.6 Å². The fourth-order valence-corrected chi connectivity index (χ4v) is 5.05. The predicted octanol–water partition coefficient (Wildman–Crippen LogP) is 3.75. The molecular formula is C23H23N5O4S. The maximum absolute atomic E-state index is 13.3. The van der Waals surface area contributed by atoms with E-state index in [2.05, 4.69) is 10.0 Å². The number of nitro groups is 1. The van der Waals surface area contributed by atoms with Crippen molar-refractivity contribution in [2.24, 2.45) is 5.10 Å². The zero-order chi connectivity index (χ0) is 22.8. The van der Waals surface area contributed by atoms with Crippen LogP contribution in [-0.2, 0) is 4.79 Å². The third-order valence-corrected chi connectivity index (χ3v) is 6.91. The smallest absolute Gasteiger partial charge is 0.292 e. The van der Waals surface area contributed by atoms with Gasteiger partial charge in [-0.2, -0.15) is 5.10 Å². The standard InChI is InChI=1S/C23H23N5O4S/c29-23(16-25-9-11-26(12-10-25)18-5-1-2-6-19(18)28(30)31)27-20(21-7-3-13-32-21)15-17(24-27)22-8-4-14-33-22/h1-8,13-14,20H,9-12,15-16H2. The Morgan fingerprint density at radius 2 is 1.94 bits per heavy atom. The summed E-state index contributed by atoms with van der Waals surface area (Å²) in [5.41, 5.74) is 1.62. The van der Waals surface area contributed by atoms with Crippen molar-refractivity contribution in [2.75, 3.05) is 37.6 Å². The molecule has 1 amide bonds. The quantitative estimate of drug-likeness (QED) is 0.406. The van der Waals surface area contributed by atoms with E-state index in [1.54, 1.807) is 34.7 Å². The van der Waals surface area contributed by atoms with Crippen LogP contribution >= 0.6 is 11.3 Å². The summed E-state index contributed by atoms with van der Waals surface area (Å²) in [7, 11) is 0. The number of hydrazone groups is 1. The van der Waals surface area contributed by atoms with Crippen molar-refractivity contribution in [3.8, 4) is 0 Å². The molecule has 1 aromatic carbocycles. The van der Waals surface area contributed by atoms with Gasteiger partial charge in [0.2, 0.25) is 0 Å². The van der Waals surface area contributed by atoms with E-state index in [-0.39, 0.29) is 29.1 Å². The Morgan fingerprint density at radius 3 is 2.64 bits per heavy atom. The highest BCUT2D eigenvalue weighted by Crippen LogP contribution is 2.34. The summed E-state index contributed by atoms with van der Waals surface area (Å²) >= 11 is 1.61. The van der Waals surface area contributed by atoms with E-state index >= 15 is 0 Å². The van der Waals surface area contributed by atoms with Crippen molar-refractivity contribution in [3.63, 3.8) is 0 Å². The van der Waals surface area contributed by atoms with E-state index < -0.39 is 0 Å². The van der Waals surface area contributed by atoms with Crippen molar-refractivity contribution in [1.82, 2.24) is 9.91 Å². The molecule has 1 fully saturated rings. The van der Waals surface area contributed by atoms with Crippen LogP contribution in [0.2, 0.25) is 0 Å². The lowest BCUT2D eigenvalue weighted by molar-refractivity contribution is -0.384. The Morgan fingerprint density at radius 1 is 1.12 bits per heavy atom. The lowest BCUT2D eigenvalue weighted by Crippen LogP contribution is -2.49. The zero-order valence-electron chi connectivity index (χ0n) is 17.9. The van der Waals surface area contributed by atoms with Gasteiger partial charge in [-0.25, -0.2) is 5.01 Å². The number of hydrogen-bond donors (Lipinski definition) is 0. The van der Waals surface area contributed by atoms with Gasteiger partial charge < -0.3 is 9.32 Å². The Hall–Kier alpha value is -3.50. The van der Waals surface area contributed by atoms with Gasteiger partial charge in [0.15, 0.2) is 0 Å². The molecule has 2 aromatic heterocycles. The summed E-state index contributed by atoms with van der Waals surface area (Å²) in [5, 5.41) is 19.6. The number of anilines is 1. The van der Waals surface area contributed by atoms with Gasteiger partial charge in [0.1, 0.15) is 17.5 Å². The van der Waals surface area contributed by atoms with Gasteiger partial charge >= 0.3 is 0 Å². The Balaban J connectivity index is 1.26. The van der Waals surface area contributed by atoms with Crippen molar-refractivity contribution in [3.05, 3.63) is 80.9 Å². The molecule has 0 aliphatic carbocycles. The average molecular weight is 466 g/mol. The molecule has 4 heterocycles. The number of rotatable bonds is 6. The molecule has 10 heteroatoms. The molecule has 1 unspecified atom stereocenters. The molecule has 5 rings (SSSR count). The number of carbonyl (C=O) groups excluding carboxylic acids is 1. The molecule has 3 aromatic rings. The molecule has 9 nitrogen and oxygen atoms in total. The number of piperazine rings is 1. The first-order valence-corrected chi connectivity index (χ1v) is 11.7. The lowest BCUT2D eigenvalue weighted by atomic mass is 10.1. The number of nitro benzene ring substituents is 1. The average Bonchev–Trinajstić information content (AvgIpc) is 3.60. The monoisotopic (exact) mass is 465 g/mol. The van der Waals surface area contributed by atoms with Crippen LogP contribution in [0.3, 0.4) is 0 Å². The second-order valence-electron chi connectivity index (χ2n) is 8.01. The second-order valence-corrected chi connectivity index (χ2v) is 8.95. The van der Waals surface area contributed by atoms with Gasteiger partial charge in [-0.05, 0) is 29.6 Å². The van der Waals surface area contributed by atoms with Crippen molar-refractivity contribution >= 4 is 34.3 Å². The fourth-order valence-electron chi connectivity index (χ4n) is 4.33. The number of carbonyl (C=O) groups is 1. The Labute approximate surface area is 194 Å². The molecule has 33 heavy (non-hydrogen) atoms. The maximum atomic E-state index is 13.3. The van der Waals surface area contributed by atoms with Crippen molar-refractivity contribution in [1.29, 1.82) is 0 Å². The first kappa shape index (κ1) is 21.4. The molecule has 0 bridgehead atoms. The van der Waals surface area contributed by atoms with E-state index in [0.717, 1.165) is 16.3 Å². The second kappa shape index (κ2) is 9.16. The number of furan rings is 1. The summed E-state index contributed by atoms with van der Waals surface area (Å²) < 4.78 is 5.61. The number of thiophene rings is 1. The van der Waals surface area contributed by atoms with Crippen molar-refractivity contribution < 1.29 is 14.1 Å². The number of para-hydroxylation sites is 2. The van der Waals surface area contributed by atoms with Crippen LogP contribution in [0.5, 0.6) is 0 Å². The number of hydrogen-bond acceptors (Lipinski definition) is 8. The normalized spacial score (nSPS) is 19.0. The molecule has 1 saturated heterocycles. The third-order valence-electron chi connectivity index (χ3n) is 5.99. The van der Waals surface area contributed by atoms with Crippen LogP contribution in [0, 0.1) is 10.1 Å². The summed E-state index contributed by atoms with van der Waals surface area (Å²) in [4.78, 5) is 29.4. The number of benzene rings is 1. The van der Waals surface area contributed by atoms with Crippen LogP contribution in [0.1, 0.15) is 23.1 Å². The third kappa shape index (κ3) is 4.39. The highest BCUT2D eigenvalue weighted by Gasteiger charge is 2.36. The molecule has 0 spiro atoms. The van der Waals surface area contributed by atoms with Gasteiger partial charge in [-0.1, -0.05) is 18.2 Å². The molecule has 0 saturated carbocycles. The summed E-state index contributed by atoms with van der Waals surface area (Å²) in [6.07, 6.45) is 2.23. The van der Waals surface area contributed by atoms with Gasteiger partial charge in [0.05, 0.1) is 28.3 Å². The summed E-state index contributed by atoms with van der Waals surface area (Å²) in [6.45, 7) is 2.74. The summed E-state index contributed by atoms with van der Waals surface area (Å²) in [6, 6.07) is 14.2. The van der Waals surface area contributed by atoms with Crippen LogP contribution in [0.25, 0.3) is 0 Å². The minimum atomic E-state index is -0.351. The van der Waals surface area contributed by atoms with Crippen LogP contribution in [0.15, 0.2) is 69.7 Å². The summed E-state index contributed by atoms with van der Waals surface area (Å²) in [5.74, 6) is 0.641. The largest absolute Gasteiger partial charge is 0.467 e. The number of amides is 1. The molecule has 170 valence electrons. The predicted molar refractivity (Wildman–Crippen MR) is 126 cm³/mol. The van der Waals surface area contributed by atoms with Gasteiger partial charge in [0.25, 0.3) is 11.6 Å². The van der Waals surface area contributed by atoms with E-state index in [0.29, 0.717) is 38.3 Å². The number of nitrogens with zero attached hydrogens (tertiary/aromatic N) is 5. The highest BCUT2D eigenvalue weighted by atomic mass is 32.1. The molecule has 2 aliphatic rings. The SMILES string of the molecule is O=C(CN1CCN(c2ccccc2[N+](=O)[O-])CC1)N1N=C(c2cccs2)CC1c1ccco1. The Bertz CT molecular complexity index is 1150. The zero-order valence-corrected chi connectivity index (χ0v) is 18.7. The topological polar surface area (TPSA) is 95.4 Å². The van der Waals surface area contributed by atoms with E-state index in [9.17, 15) is 14.9 Å². The first-order valence-electron chi connectivity index (χ1n) is 10.8. The van der Waals surface area contributed by atoms with E-state index in [1.165, 1.54) is 6.07 Å². The van der Waals surface area contributed by atoms with Gasteiger partial charge in [-0.15, -0.1) is 11.3 Å². The maximum Gasteiger partial charge on any atom is 0.292 e. The van der Waals surface area contributed by atoms with Crippen molar-refractivity contribution in [2.45, 2.75) is 12.5 Å². The molecule has 2 aliphatic heterocycles. The molecular weight excluding hydrogens is 442 g/mol. The van der Waals surface area contributed by atoms with Gasteiger partial charge in [-0.3, -0.25) is 19.8 Å². The lowest BCUT2D eigenvalue weighted by Gasteiger charge is -2.36. The minimum Gasteiger partial charge on any atom is -0.467 e. The Kier molecular flexibility index (Phi) is 5.93. The van der Waals surface area contributed by atoms with Gasteiger partial charge in [0, 0.05) is 38.7 Å². The minimum absolute atomic E-state index is 0.0814. The van der Waals surface area contributed by atoms with Crippen LogP contribution in [-0.4, -0.2) is 59.2 Å². The van der Waals surface area contributed by atoms with E-state index in [4.69, 9.17) is 4.42 Å². The van der Waals surface area contributed by atoms with Crippen LogP contribution < -0.4 is 4.90 Å². The fraction of sp³-hybridized carbons (Fsp3) is 0.304. The molecule has 1 atom stereocenters. The highest BCUT2D eigenvalue weighted by molar-refractivity contribution is 7.12.